The SMILES string of the molecule is COC(=O)C(Cc1ccc(-c2ccc(C#N)cc2)cc1)NC(=O)C1Cc2cc3c(cc2CN1S(=O)(=O)c1ccc(-c2csc(NC(C)=O)n2)cc1)OC(c1ccc(OCc2ccc(Cl)c(Cl)c2)cc1)CO3. The lowest BCUT2D eigenvalue weighted by atomic mass is 9.93. The van der Waals surface area contributed by atoms with E-state index in [-0.39, 0.29) is 43.4 Å². The van der Waals surface area contributed by atoms with E-state index in [9.17, 15) is 28.1 Å². The molecular formula is C53H43Cl2N5O9S2. The summed E-state index contributed by atoms with van der Waals surface area (Å²) in [6, 6.07) is 36.6. The number of thiazole rings is 1. The van der Waals surface area contributed by atoms with Gasteiger partial charge in [0.05, 0.1) is 39.4 Å². The van der Waals surface area contributed by atoms with Gasteiger partial charge in [0, 0.05) is 30.8 Å². The topological polar surface area (TPSA) is 186 Å². The molecule has 3 unspecified atom stereocenters. The van der Waals surface area contributed by atoms with Crippen molar-refractivity contribution in [2.24, 2.45) is 0 Å². The molecule has 0 bridgehead atoms. The molecule has 0 aliphatic carbocycles. The highest BCUT2D eigenvalue weighted by Gasteiger charge is 2.42. The summed E-state index contributed by atoms with van der Waals surface area (Å²) in [4.78, 5) is 43.9. The van der Waals surface area contributed by atoms with Crippen LogP contribution >= 0.6 is 34.5 Å². The minimum absolute atomic E-state index is 0.0538. The van der Waals surface area contributed by atoms with Gasteiger partial charge in [-0.15, -0.1) is 11.3 Å². The monoisotopic (exact) mass is 1030 g/mol. The third-order valence-electron chi connectivity index (χ3n) is 12.0. The summed E-state index contributed by atoms with van der Waals surface area (Å²) < 4.78 is 54.7. The van der Waals surface area contributed by atoms with E-state index in [4.69, 9.17) is 42.1 Å². The Labute approximate surface area is 423 Å². The molecule has 2 amide bonds. The summed E-state index contributed by atoms with van der Waals surface area (Å²) in [5.41, 5.74) is 7.15. The number of carbonyl (C=O) groups is 3. The van der Waals surface area contributed by atoms with Gasteiger partial charge in [-0.1, -0.05) is 89.9 Å². The van der Waals surface area contributed by atoms with Gasteiger partial charge in [-0.3, -0.25) is 9.59 Å². The lowest BCUT2D eigenvalue weighted by Gasteiger charge is -2.37. The molecule has 2 aliphatic heterocycles. The zero-order valence-corrected chi connectivity index (χ0v) is 41.2. The number of rotatable bonds is 14. The number of methoxy groups -OCH3 is 1. The molecule has 3 atom stereocenters. The Morgan fingerprint density at radius 2 is 1.54 bits per heavy atom. The fourth-order valence-electron chi connectivity index (χ4n) is 8.30. The average Bonchev–Trinajstić information content (AvgIpc) is 3.85. The summed E-state index contributed by atoms with van der Waals surface area (Å²) >= 11 is 13.5. The smallest absolute Gasteiger partial charge is 0.328 e. The van der Waals surface area contributed by atoms with Gasteiger partial charge in [0.1, 0.15) is 31.0 Å². The van der Waals surface area contributed by atoms with Crippen molar-refractivity contribution in [3.8, 4) is 45.7 Å². The normalized spacial score (nSPS) is 15.6. The molecule has 6 aromatic carbocycles. The van der Waals surface area contributed by atoms with Crippen LogP contribution in [0.4, 0.5) is 5.13 Å². The summed E-state index contributed by atoms with van der Waals surface area (Å²) in [6.07, 6.45) is -0.502. The number of nitriles is 1. The average molecular weight is 1030 g/mol. The third kappa shape index (κ3) is 11.0. The predicted octanol–water partition coefficient (Wildman–Crippen LogP) is 9.72. The van der Waals surface area contributed by atoms with Crippen LogP contribution in [-0.2, 0) is 55.1 Å². The van der Waals surface area contributed by atoms with Crippen molar-refractivity contribution in [2.75, 3.05) is 19.0 Å². The summed E-state index contributed by atoms with van der Waals surface area (Å²) in [5.74, 6) is -0.203. The molecule has 18 heteroatoms. The number of ether oxygens (including phenoxy) is 4. The van der Waals surface area contributed by atoms with Gasteiger partial charge in [0.2, 0.25) is 21.8 Å². The molecule has 0 fully saturated rings. The minimum atomic E-state index is -4.40. The molecule has 3 heterocycles. The van der Waals surface area contributed by atoms with Gasteiger partial charge in [-0.25, -0.2) is 18.2 Å². The minimum Gasteiger partial charge on any atom is -0.489 e. The lowest BCUT2D eigenvalue weighted by molar-refractivity contribution is -0.145. The van der Waals surface area contributed by atoms with E-state index < -0.39 is 40.1 Å². The van der Waals surface area contributed by atoms with E-state index in [1.807, 2.05) is 66.7 Å². The van der Waals surface area contributed by atoms with Gasteiger partial charge >= 0.3 is 5.97 Å². The maximum absolute atomic E-state index is 14.8. The van der Waals surface area contributed by atoms with Crippen LogP contribution in [0, 0.1) is 11.3 Å². The molecule has 0 radical (unpaired) electrons. The number of anilines is 1. The zero-order valence-electron chi connectivity index (χ0n) is 38.1. The van der Waals surface area contributed by atoms with Crippen molar-refractivity contribution < 1.29 is 41.7 Å². The first-order chi connectivity index (χ1) is 34.2. The fourth-order valence-corrected chi connectivity index (χ4v) is 11.0. The first-order valence-electron chi connectivity index (χ1n) is 22.2. The predicted molar refractivity (Wildman–Crippen MR) is 269 cm³/mol. The van der Waals surface area contributed by atoms with Crippen LogP contribution < -0.4 is 24.8 Å². The van der Waals surface area contributed by atoms with Crippen LogP contribution in [0.3, 0.4) is 0 Å². The van der Waals surface area contributed by atoms with E-state index >= 15 is 0 Å². The molecule has 1 aromatic heterocycles. The number of hydrogen-bond donors (Lipinski definition) is 2. The number of sulfonamides is 1. The van der Waals surface area contributed by atoms with Gasteiger partial charge < -0.3 is 29.6 Å². The Kier molecular flexibility index (Phi) is 14.4. The molecule has 2 N–H and O–H groups in total. The Morgan fingerprint density at radius 3 is 2.21 bits per heavy atom. The van der Waals surface area contributed by atoms with Crippen molar-refractivity contribution >= 4 is 67.5 Å². The molecule has 2 aliphatic rings. The van der Waals surface area contributed by atoms with Crippen molar-refractivity contribution in [3.05, 3.63) is 176 Å². The van der Waals surface area contributed by atoms with Crippen LogP contribution in [0.1, 0.15) is 46.4 Å². The second-order valence-electron chi connectivity index (χ2n) is 16.8. The van der Waals surface area contributed by atoms with Gasteiger partial charge in [-0.2, -0.15) is 9.57 Å². The molecule has 360 valence electrons. The summed E-state index contributed by atoms with van der Waals surface area (Å²) in [6.45, 7) is 1.64. The highest BCUT2D eigenvalue weighted by atomic mass is 35.5. The highest BCUT2D eigenvalue weighted by molar-refractivity contribution is 7.89. The first-order valence-corrected chi connectivity index (χ1v) is 25.3. The molecule has 0 saturated heterocycles. The zero-order chi connectivity index (χ0) is 49.8. The number of nitrogens with one attached hydrogen (secondary N) is 2. The molecule has 0 saturated carbocycles. The van der Waals surface area contributed by atoms with E-state index in [0.717, 1.165) is 26.6 Å². The maximum Gasteiger partial charge on any atom is 0.328 e. The number of halogens is 2. The highest BCUT2D eigenvalue weighted by Crippen LogP contribution is 2.42. The Bertz CT molecular complexity index is 3290. The molecule has 9 rings (SSSR count). The second kappa shape index (κ2) is 21.0. The molecule has 14 nitrogen and oxygen atoms in total. The molecule has 7 aromatic rings. The standard InChI is InChI=1S/C53H43Cl2N5O9S2/c1-31(61)57-53-59-46(30-70-53)37-14-18-42(19-15-37)71(64,65)60-27-40-25-49-48(68-29-50(69-49)38-12-16-41(17-13-38)67-28-34-7-20-43(54)44(55)21-34)24-39(40)23-47(60)51(62)58-45(52(63)66-2)22-32-3-8-35(9-4-32)36-10-5-33(26-56)6-11-36/h3-21,24-25,30,45,47,50H,22-23,27-29H2,1-2H3,(H,58,62)(H,57,59,61). The third-order valence-corrected chi connectivity index (χ3v) is 15.4. The van der Waals surface area contributed by atoms with Crippen molar-refractivity contribution in [1.82, 2.24) is 14.6 Å². The summed E-state index contributed by atoms with van der Waals surface area (Å²) in [5, 5.41) is 17.7. The van der Waals surface area contributed by atoms with Crippen LogP contribution in [0.5, 0.6) is 17.2 Å². The van der Waals surface area contributed by atoms with E-state index in [0.29, 0.717) is 65.9 Å². The number of aromatic nitrogens is 1. The maximum atomic E-state index is 14.8. The fraction of sp³-hybridized carbons (Fsp3) is 0.189. The van der Waals surface area contributed by atoms with Gasteiger partial charge in [0.15, 0.2) is 22.7 Å². The number of carbonyl (C=O) groups excluding carboxylic acids is 3. The van der Waals surface area contributed by atoms with Gasteiger partial charge in [-0.05, 0) is 106 Å². The van der Waals surface area contributed by atoms with Crippen LogP contribution in [0.2, 0.25) is 10.0 Å². The number of hydrogen-bond acceptors (Lipinski definition) is 12. The van der Waals surface area contributed by atoms with Crippen molar-refractivity contribution in [2.45, 2.75) is 56.0 Å². The molecule has 71 heavy (non-hydrogen) atoms. The van der Waals surface area contributed by atoms with Gasteiger partial charge in [0.25, 0.3) is 0 Å². The Hall–Kier alpha value is -7.26. The molecular weight excluding hydrogens is 986 g/mol. The van der Waals surface area contributed by atoms with E-state index in [1.165, 1.54) is 37.5 Å². The molecule has 0 spiro atoms. The Balaban J connectivity index is 0.966. The van der Waals surface area contributed by atoms with E-state index in [1.54, 1.807) is 53.9 Å². The second-order valence-corrected chi connectivity index (χ2v) is 20.3. The van der Waals surface area contributed by atoms with Crippen LogP contribution in [-0.4, -0.2) is 61.3 Å². The first kappa shape index (κ1) is 48.8. The number of nitrogens with zero attached hydrogens (tertiary/aromatic N) is 3. The number of esters is 1. The number of fused-ring (bicyclic) bond motifs is 2. The lowest BCUT2D eigenvalue weighted by Crippen LogP contribution is -2.56. The van der Waals surface area contributed by atoms with Crippen molar-refractivity contribution in [3.63, 3.8) is 0 Å². The van der Waals surface area contributed by atoms with Crippen molar-refractivity contribution in [1.29, 1.82) is 5.26 Å². The van der Waals surface area contributed by atoms with Crippen LogP contribution in [0.25, 0.3) is 22.4 Å². The quantitative estimate of drug-likeness (QED) is 0.0988. The largest absolute Gasteiger partial charge is 0.489 e. The van der Waals surface area contributed by atoms with E-state index in [2.05, 4.69) is 21.7 Å². The van der Waals surface area contributed by atoms with Crippen LogP contribution in [0.15, 0.2) is 138 Å². The number of benzene rings is 6. The summed E-state index contributed by atoms with van der Waals surface area (Å²) in [7, 11) is -3.18. The number of amides is 2. The Morgan fingerprint density at radius 1 is 0.859 bits per heavy atom.